The Kier molecular flexibility index (Phi) is 4.64. The number of para-hydroxylation sites is 1. The number of halogens is 1. The second-order valence-electron chi connectivity index (χ2n) is 6.45. The number of carbonyl (C=O) groups is 1. The Bertz CT molecular complexity index is 915. The van der Waals surface area contributed by atoms with E-state index in [4.69, 9.17) is 4.98 Å². The molecule has 25 heavy (non-hydrogen) atoms. The van der Waals surface area contributed by atoms with Crippen LogP contribution in [0.4, 0.5) is 0 Å². The third kappa shape index (κ3) is 3.37. The highest BCUT2D eigenvalue weighted by atomic mass is 79.9. The van der Waals surface area contributed by atoms with E-state index in [1.54, 1.807) is 0 Å². The fraction of sp³-hybridized carbons (Fsp3) is 0.238. The minimum absolute atomic E-state index is 0.0858. The van der Waals surface area contributed by atoms with Crippen LogP contribution in [0.2, 0.25) is 0 Å². The minimum Gasteiger partial charge on any atom is -0.307 e. The summed E-state index contributed by atoms with van der Waals surface area (Å²) in [4.78, 5) is 17.9. The van der Waals surface area contributed by atoms with Gasteiger partial charge in [-0.25, -0.2) is 4.98 Å². The van der Waals surface area contributed by atoms with Crippen LogP contribution in [-0.2, 0) is 0 Å². The van der Waals surface area contributed by atoms with Crippen molar-refractivity contribution in [1.29, 1.82) is 0 Å². The highest BCUT2D eigenvalue weighted by Gasteiger charge is 2.24. The molecule has 1 aromatic heterocycles. The molecule has 0 spiro atoms. The summed E-state index contributed by atoms with van der Waals surface area (Å²) in [5.41, 5.74) is 3.48. The van der Waals surface area contributed by atoms with Crippen molar-refractivity contribution in [2.45, 2.75) is 25.3 Å². The van der Waals surface area contributed by atoms with Crippen LogP contribution < -0.4 is 5.32 Å². The lowest BCUT2D eigenvalue weighted by molar-refractivity contribution is 0.0929. The first-order chi connectivity index (χ1) is 12.2. The predicted octanol–water partition coefficient (Wildman–Crippen LogP) is 4.99. The Morgan fingerprint density at radius 3 is 2.64 bits per heavy atom. The summed E-state index contributed by atoms with van der Waals surface area (Å²) >= 11 is 3.46. The molecule has 3 aromatic rings. The van der Waals surface area contributed by atoms with Crippen LogP contribution in [0, 0.1) is 0 Å². The molecular formula is C21H19BrN2O. The Hall–Kier alpha value is -2.04. The average Bonchev–Trinajstić information content (AvgIpc) is 2.68. The Labute approximate surface area is 155 Å². The van der Waals surface area contributed by atoms with Gasteiger partial charge in [0.1, 0.15) is 0 Å². The Balaban J connectivity index is 1.83. The number of hydrogen-bond acceptors (Lipinski definition) is 3. The van der Waals surface area contributed by atoms with E-state index in [1.165, 1.54) is 0 Å². The topological polar surface area (TPSA) is 42.0 Å². The van der Waals surface area contributed by atoms with Crippen LogP contribution in [0.1, 0.15) is 29.6 Å². The number of fused-ring (bicyclic) bond motifs is 1. The van der Waals surface area contributed by atoms with E-state index in [2.05, 4.69) is 21.2 Å². The van der Waals surface area contributed by atoms with Gasteiger partial charge >= 0.3 is 0 Å². The molecule has 0 saturated carbocycles. The van der Waals surface area contributed by atoms with Crippen LogP contribution in [-0.4, -0.2) is 23.4 Å². The molecule has 0 bridgehead atoms. The molecule has 0 unspecified atom stereocenters. The lowest BCUT2D eigenvalue weighted by atomic mass is 9.93. The second kappa shape index (κ2) is 7.06. The van der Waals surface area contributed by atoms with Gasteiger partial charge in [-0.1, -0.05) is 52.7 Å². The zero-order chi connectivity index (χ0) is 17.2. The quantitative estimate of drug-likeness (QED) is 0.636. The van der Waals surface area contributed by atoms with E-state index < -0.39 is 0 Å². The summed E-state index contributed by atoms with van der Waals surface area (Å²) in [7, 11) is 0. The fourth-order valence-corrected chi connectivity index (χ4v) is 3.68. The normalized spacial score (nSPS) is 17.6. The molecule has 4 rings (SSSR count). The molecule has 2 heterocycles. The van der Waals surface area contributed by atoms with Crippen molar-refractivity contribution in [2.75, 3.05) is 6.54 Å². The van der Waals surface area contributed by atoms with E-state index in [9.17, 15) is 4.79 Å². The highest BCUT2D eigenvalue weighted by Crippen LogP contribution is 2.27. The Morgan fingerprint density at radius 1 is 1.08 bits per heavy atom. The summed E-state index contributed by atoms with van der Waals surface area (Å²) in [6.07, 6.45) is 3.15. The molecule has 0 radical (unpaired) electrons. The van der Waals surface area contributed by atoms with Gasteiger partial charge in [0.25, 0.3) is 0 Å². The third-order valence-electron chi connectivity index (χ3n) is 4.75. The lowest BCUT2D eigenvalue weighted by Gasteiger charge is -2.23. The van der Waals surface area contributed by atoms with Crippen LogP contribution >= 0.6 is 15.9 Å². The van der Waals surface area contributed by atoms with Gasteiger partial charge in [-0.2, -0.15) is 0 Å². The van der Waals surface area contributed by atoms with Crippen molar-refractivity contribution < 1.29 is 4.79 Å². The first-order valence-electron chi connectivity index (χ1n) is 8.66. The smallest absolute Gasteiger partial charge is 0.180 e. The summed E-state index contributed by atoms with van der Waals surface area (Å²) in [6.45, 7) is 0.916. The number of piperidine rings is 1. The van der Waals surface area contributed by atoms with Crippen molar-refractivity contribution in [3.63, 3.8) is 0 Å². The molecule has 0 aliphatic carbocycles. The van der Waals surface area contributed by atoms with E-state index in [0.717, 1.165) is 58.0 Å². The van der Waals surface area contributed by atoms with Gasteiger partial charge in [0.05, 0.1) is 17.3 Å². The maximum absolute atomic E-state index is 13.2. The van der Waals surface area contributed by atoms with E-state index in [1.807, 2.05) is 54.6 Å². The number of aromatic nitrogens is 1. The number of nitrogens with one attached hydrogen (secondary N) is 1. The molecule has 1 atom stereocenters. The van der Waals surface area contributed by atoms with Crippen molar-refractivity contribution in [3.8, 4) is 11.3 Å². The van der Waals surface area contributed by atoms with Gasteiger partial charge in [-0.15, -0.1) is 0 Å². The predicted molar refractivity (Wildman–Crippen MR) is 105 cm³/mol. The van der Waals surface area contributed by atoms with E-state index in [0.29, 0.717) is 0 Å². The zero-order valence-electron chi connectivity index (χ0n) is 13.8. The first kappa shape index (κ1) is 16.4. The summed E-state index contributed by atoms with van der Waals surface area (Å²) in [6, 6.07) is 17.8. The SMILES string of the molecule is O=C(c1cc(-c2ccc(Br)cc2)nc2ccccc12)[C@H]1CCCCN1. The van der Waals surface area contributed by atoms with Gasteiger partial charge in [0, 0.05) is 21.0 Å². The molecule has 4 heteroatoms. The molecule has 1 aliphatic heterocycles. The summed E-state index contributed by atoms with van der Waals surface area (Å²) in [5, 5.41) is 4.30. The molecule has 1 aliphatic rings. The summed E-state index contributed by atoms with van der Waals surface area (Å²) in [5.74, 6) is 0.177. The third-order valence-corrected chi connectivity index (χ3v) is 5.28. The monoisotopic (exact) mass is 394 g/mol. The lowest BCUT2D eigenvalue weighted by Crippen LogP contribution is -2.40. The molecule has 1 saturated heterocycles. The first-order valence-corrected chi connectivity index (χ1v) is 9.45. The van der Waals surface area contributed by atoms with Crippen LogP contribution in [0.25, 0.3) is 22.2 Å². The maximum atomic E-state index is 13.2. The van der Waals surface area contributed by atoms with Crippen molar-refractivity contribution in [1.82, 2.24) is 10.3 Å². The molecule has 3 nitrogen and oxygen atoms in total. The standard InChI is InChI=1S/C21H19BrN2O/c22-15-10-8-14(9-11-15)20-13-17(16-5-1-2-6-18(16)24-20)21(25)19-7-3-4-12-23-19/h1-2,5-6,8-11,13,19,23H,3-4,7,12H2/t19-/m1/s1. The van der Waals surface area contributed by atoms with Crippen LogP contribution in [0.5, 0.6) is 0 Å². The molecule has 1 fully saturated rings. The fourth-order valence-electron chi connectivity index (χ4n) is 3.41. The largest absolute Gasteiger partial charge is 0.307 e. The number of hydrogen-bond donors (Lipinski definition) is 1. The molecule has 0 amide bonds. The van der Waals surface area contributed by atoms with Crippen molar-refractivity contribution >= 4 is 32.6 Å². The van der Waals surface area contributed by atoms with Crippen molar-refractivity contribution in [2.24, 2.45) is 0 Å². The number of carbonyl (C=O) groups excluding carboxylic acids is 1. The average molecular weight is 395 g/mol. The van der Waals surface area contributed by atoms with E-state index in [-0.39, 0.29) is 11.8 Å². The van der Waals surface area contributed by atoms with Gasteiger partial charge in [0.15, 0.2) is 5.78 Å². The number of nitrogens with zero attached hydrogens (tertiary/aromatic N) is 1. The van der Waals surface area contributed by atoms with Gasteiger partial charge in [-0.05, 0) is 43.7 Å². The Morgan fingerprint density at radius 2 is 1.88 bits per heavy atom. The van der Waals surface area contributed by atoms with Crippen LogP contribution in [0.15, 0.2) is 59.1 Å². The minimum atomic E-state index is -0.0858. The number of ketones is 1. The summed E-state index contributed by atoms with van der Waals surface area (Å²) < 4.78 is 1.03. The molecule has 126 valence electrons. The highest BCUT2D eigenvalue weighted by molar-refractivity contribution is 9.10. The zero-order valence-corrected chi connectivity index (χ0v) is 15.4. The van der Waals surface area contributed by atoms with Crippen LogP contribution in [0.3, 0.4) is 0 Å². The number of rotatable bonds is 3. The van der Waals surface area contributed by atoms with Gasteiger partial charge in [0.2, 0.25) is 0 Å². The number of Topliss-reactive ketones (excluding diaryl/α,β-unsaturated/α-hetero) is 1. The van der Waals surface area contributed by atoms with E-state index >= 15 is 0 Å². The maximum Gasteiger partial charge on any atom is 0.180 e. The van der Waals surface area contributed by atoms with Gasteiger partial charge < -0.3 is 5.32 Å². The molecular weight excluding hydrogens is 376 g/mol. The number of pyridine rings is 1. The molecule has 1 N–H and O–H groups in total. The number of benzene rings is 2. The second-order valence-corrected chi connectivity index (χ2v) is 7.36. The van der Waals surface area contributed by atoms with Crippen molar-refractivity contribution in [3.05, 3.63) is 64.6 Å². The van der Waals surface area contributed by atoms with Gasteiger partial charge in [-0.3, -0.25) is 4.79 Å². The molecule has 2 aromatic carbocycles.